The maximum absolute atomic E-state index is 4.37. The molecule has 0 saturated heterocycles. The van der Waals surface area contributed by atoms with Crippen molar-refractivity contribution in [3.63, 3.8) is 0 Å². The molecule has 2 aromatic rings. The minimum atomic E-state index is 0.869. The molecular formula is C15H17BrN2. The lowest BCUT2D eigenvalue weighted by Gasteiger charge is -2.15. The van der Waals surface area contributed by atoms with Gasteiger partial charge in [0.05, 0.1) is 4.47 Å². The largest absolute Gasteiger partial charge is 0.339 e. The maximum atomic E-state index is 4.37. The van der Waals surface area contributed by atoms with Gasteiger partial charge in [0, 0.05) is 11.9 Å². The summed E-state index contributed by atoms with van der Waals surface area (Å²) in [5.41, 5.74) is 3.85. The van der Waals surface area contributed by atoms with Crippen molar-refractivity contribution < 1.29 is 0 Å². The number of nitrogens with one attached hydrogen (secondary N) is 1. The molecule has 94 valence electrons. The van der Waals surface area contributed by atoms with Gasteiger partial charge in [0.15, 0.2) is 0 Å². The number of para-hydroxylation sites is 1. The standard InChI is InChI=1S/C15H17BrN2/c1-3-11-7-5-8-12(4-2)14(11)18-15-13(16)9-6-10-17-15/h5-10H,3-4H2,1-2H3,(H,17,18). The Morgan fingerprint density at radius 1 is 1.06 bits per heavy atom. The van der Waals surface area contributed by atoms with Crippen molar-refractivity contribution in [3.8, 4) is 0 Å². The molecule has 0 spiro atoms. The number of halogens is 1. The van der Waals surface area contributed by atoms with Gasteiger partial charge in [0.25, 0.3) is 0 Å². The van der Waals surface area contributed by atoms with Gasteiger partial charge in [0.2, 0.25) is 0 Å². The summed E-state index contributed by atoms with van der Waals surface area (Å²) in [6.45, 7) is 4.35. The summed E-state index contributed by atoms with van der Waals surface area (Å²) in [5.74, 6) is 0.869. The van der Waals surface area contributed by atoms with Gasteiger partial charge in [-0.1, -0.05) is 32.0 Å². The van der Waals surface area contributed by atoms with Crippen LogP contribution in [0.5, 0.6) is 0 Å². The van der Waals surface area contributed by atoms with Gasteiger partial charge in [0.1, 0.15) is 5.82 Å². The molecule has 0 unspecified atom stereocenters. The zero-order chi connectivity index (χ0) is 13.0. The number of benzene rings is 1. The molecule has 0 saturated carbocycles. The van der Waals surface area contributed by atoms with Crippen LogP contribution < -0.4 is 5.32 Å². The third kappa shape index (κ3) is 2.72. The first kappa shape index (κ1) is 13.1. The summed E-state index contributed by atoms with van der Waals surface area (Å²) < 4.78 is 0.984. The molecule has 18 heavy (non-hydrogen) atoms. The Morgan fingerprint density at radius 3 is 2.28 bits per heavy atom. The molecule has 0 aliphatic carbocycles. The van der Waals surface area contributed by atoms with Crippen molar-refractivity contribution >= 4 is 27.4 Å². The normalized spacial score (nSPS) is 10.4. The van der Waals surface area contributed by atoms with Crippen molar-refractivity contribution in [1.82, 2.24) is 4.98 Å². The lowest BCUT2D eigenvalue weighted by Crippen LogP contribution is -2.01. The minimum Gasteiger partial charge on any atom is -0.339 e. The lowest BCUT2D eigenvalue weighted by molar-refractivity contribution is 1.08. The fourth-order valence-corrected chi connectivity index (χ4v) is 2.35. The number of hydrogen-bond donors (Lipinski definition) is 1. The Balaban J connectivity index is 2.42. The van der Waals surface area contributed by atoms with Gasteiger partial charge in [-0.05, 0) is 52.0 Å². The molecule has 1 heterocycles. The van der Waals surface area contributed by atoms with E-state index in [0.717, 1.165) is 23.1 Å². The minimum absolute atomic E-state index is 0.869. The summed E-state index contributed by atoms with van der Waals surface area (Å²) in [6, 6.07) is 10.4. The molecule has 0 atom stereocenters. The maximum Gasteiger partial charge on any atom is 0.144 e. The third-order valence-corrected chi connectivity index (χ3v) is 3.64. The smallest absolute Gasteiger partial charge is 0.144 e. The lowest BCUT2D eigenvalue weighted by atomic mass is 10.0. The van der Waals surface area contributed by atoms with Gasteiger partial charge in [-0.2, -0.15) is 0 Å². The van der Waals surface area contributed by atoms with Gasteiger partial charge < -0.3 is 5.32 Å². The highest BCUT2D eigenvalue weighted by Gasteiger charge is 2.08. The van der Waals surface area contributed by atoms with Crippen LogP contribution in [0.3, 0.4) is 0 Å². The molecule has 2 rings (SSSR count). The van der Waals surface area contributed by atoms with E-state index in [0.29, 0.717) is 0 Å². The van der Waals surface area contributed by atoms with E-state index in [1.807, 2.05) is 12.1 Å². The number of aryl methyl sites for hydroxylation is 2. The second kappa shape index (κ2) is 6.01. The number of nitrogens with zero attached hydrogens (tertiary/aromatic N) is 1. The summed E-state index contributed by atoms with van der Waals surface area (Å²) in [6.07, 6.45) is 3.83. The first-order valence-corrected chi connectivity index (χ1v) is 7.03. The zero-order valence-corrected chi connectivity index (χ0v) is 12.3. The second-order valence-corrected chi connectivity index (χ2v) is 4.97. The fourth-order valence-electron chi connectivity index (χ4n) is 2.00. The van der Waals surface area contributed by atoms with Crippen LogP contribution in [0.2, 0.25) is 0 Å². The molecule has 0 aliphatic heterocycles. The summed E-state index contributed by atoms with van der Waals surface area (Å²) in [5, 5.41) is 3.45. The molecule has 3 heteroatoms. The molecular weight excluding hydrogens is 288 g/mol. The van der Waals surface area contributed by atoms with Gasteiger partial charge in [-0.25, -0.2) is 4.98 Å². The van der Waals surface area contributed by atoms with Crippen LogP contribution in [-0.2, 0) is 12.8 Å². The van der Waals surface area contributed by atoms with Crippen LogP contribution in [0.1, 0.15) is 25.0 Å². The van der Waals surface area contributed by atoms with E-state index >= 15 is 0 Å². The molecule has 0 fully saturated rings. The topological polar surface area (TPSA) is 24.9 Å². The third-order valence-electron chi connectivity index (χ3n) is 3.00. The van der Waals surface area contributed by atoms with Crippen molar-refractivity contribution in [1.29, 1.82) is 0 Å². The molecule has 1 N–H and O–H groups in total. The molecule has 0 radical (unpaired) electrons. The summed E-state index contributed by atoms with van der Waals surface area (Å²) in [7, 11) is 0. The Bertz CT molecular complexity index is 516. The molecule has 0 bridgehead atoms. The van der Waals surface area contributed by atoms with E-state index in [4.69, 9.17) is 0 Å². The van der Waals surface area contributed by atoms with E-state index in [2.05, 4.69) is 58.3 Å². The number of hydrogen-bond acceptors (Lipinski definition) is 2. The van der Waals surface area contributed by atoms with E-state index in [-0.39, 0.29) is 0 Å². The predicted octanol–water partition coefficient (Wildman–Crippen LogP) is 4.71. The summed E-state index contributed by atoms with van der Waals surface area (Å²) in [4.78, 5) is 4.37. The second-order valence-electron chi connectivity index (χ2n) is 4.12. The monoisotopic (exact) mass is 304 g/mol. The average Bonchev–Trinajstić information content (AvgIpc) is 2.41. The van der Waals surface area contributed by atoms with Crippen LogP contribution in [-0.4, -0.2) is 4.98 Å². The van der Waals surface area contributed by atoms with Crippen molar-refractivity contribution in [2.45, 2.75) is 26.7 Å². The van der Waals surface area contributed by atoms with Crippen molar-refractivity contribution in [3.05, 3.63) is 52.1 Å². The van der Waals surface area contributed by atoms with Gasteiger partial charge >= 0.3 is 0 Å². The van der Waals surface area contributed by atoms with Crippen molar-refractivity contribution in [2.75, 3.05) is 5.32 Å². The summed E-state index contributed by atoms with van der Waals surface area (Å²) >= 11 is 3.52. The number of pyridine rings is 1. The van der Waals surface area contributed by atoms with E-state index < -0.39 is 0 Å². The van der Waals surface area contributed by atoms with Gasteiger partial charge in [-0.15, -0.1) is 0 Å². The Hall–Kier alpha value is -1.35. The predicted molar refractivity (Wildman–Crippen MR) is 80.4 cm³/mol. The molecule has 1 aromatic heterocycles. The Kier molecular flexibility index (Phi) is 4.37. The fraction of sp³-hybridized carbons (Fsp3) is 0.267. The van der Waals surface area contributed by atoms with Crippen molar-refractivity contribution in [2.24, 2.45) is 0 Å². The number of anilines is 2. The SMILES string of the molecule is CCc1cccc(CC)c1Nc1ncccc1Br. The number of aromatic nitrogens is 1. The molecule has 2 nitrogen and oxygen atoms in total. The van der Waals surface area contributed by atoms with E-state index in [1.54, 1.807) is 6.20 Å². The number of rotatable bonds is 4. The van der Waals surface area contributed by atoms with E-state index in [1.165, 1.54) is 16.8 Å². The Labute approximate surface area is 117 Å². The molecule has 0 amide bonds. The van der Waals surface area contributed by atoms with Crippen LogP contribution in [0.4, 0.5) is 11.5 Å². The highest BCUT2D eigenvalue weighted by Crippen LogP contribution is 2.28. The van der Waals surface area contributed by atoms with E-state index in [9.17, 15) is 0 Å². The van der Waals surface area contributed by atoms with Gasteiger partial charge in [-0.3, -0.25) is 0 Å². The average molecular weight is 305 g/mol. The first-order chi connectivity index (χ1) is 8.76. The Morgan fingerprint density at radius 2 is 1.72 bits per heavy atom. The zero-order valence-electron chi connectivity index (χ0n) is 10.7. The first-order valence-electron chi connectivity index (χ1n) is 6.24. The van der Waals surface area contributed by atoms with Crippen LogP contribution >= 0.6 is 15.9 Å². The molecule has 0 aliphatic rings. The quantitative estimate of drug-likeness (QED) is 0.884. The highest BCUT2D eigenvalue weighted by atomic mass is 79.9. The molecule has 1 aromatic carbocycles. The highest BCUT2D eigenvalue weighted by molar-refractivity contribution is 9.10. The van der Waals surface area contributed by atoms with Crippen LogP contribution in [0.15, 0.2) is 41.0 Å². The van der Waals surface area contributed by atoms with Crippen LogP contribution in [0, 0.1) is 0 Å². The van der Waals surface area contributed by atoms with Crippen LogP contribution in [0.25, 0.3) is 0 Å².